The van der Waals surface area contributed by atoms with Gasteiger partial charge in [0.15, 0.2) is 11.5 Å². The van der Waals surface area contributed by atoms with Crippen molar-refractivity contribution in [2.24, 2.45) is 33.5 Å². The molecule has 0 bridgehead atoms. The minimum Gasteiger partial charge on any atom is -0.504 e. The highest BCUT2D eigenvalue weighted by molar-refractivity contribution is 6.46. The second-order valence-corrected chi connectivity index (χ2v) is 13.6. The molecule has 4 aliphatic rings. The normalized spacial score (nSPS) is 43.6. The molecule has 196 valence electrons. The Kier molecular flexibility index (Phi) is 5.16. The van der Waals surface area contributed by atoms with E-state index in [2.05, 4.69) is 27.7 Å². The van der Waals surface area contributed by atoms with Crippen molar-refractivity contribution in [1.82, 2.24) is 0 Å². The number of ether oxygens (including phenoxy) is 1. The van der Waals surface area contributed by atoms with Crippen molar-refractivity contribution in [3.63, 3.8) is 0 Å². The van der Waals surface area contributed by atoms with E-state index in [-0.39, 0.29) is 51.1 Å². The average molecular weight is 497 g/mol. The molecule has 0 amide bonds. The molecule has 6 heteroatoms. The molecule has 0 heterocycles. The summed E-state index contributed by atoms with van der Waals surface area (Å²) < 4.78 is 5.22. The summed E-state index contributed by atoms with van der Waals surface area (Å²) >= 11 is 0. The Morgan fingerprint density at radius 3 is 2.19 bits per heavy atom. The molecule has 3 saturated carbocycles. The van der Waals surface area contributed by atoms with Gasteiger partial charge in [0.2, 0.25) is 11.6 Å². The first-order chi connectivity index (χ1) is 16.6. The second kappa shape index (κ2) is 7.35. The van der Waals surface area contributed by atoms with Crippen LogP contribution in [0.5, 0.6) is 11.5 Å². The first-order valence-electron chi connectivity index (χ1n) is 13.3. The standard InChI is InChI=1S/C30H40O6/c1-16-20-17(14-18(31)21(16)32)28(4)11-13-29(5)19-15-27(3,25(35)36-7)9-8-26(19,2)10-12-30(29,6)24(28)23(34)22(20)33/h14,19,24,31-32H,8-13,15H2,1-7H3/t19?,24?,26-,27-,28+,29+,30-/m1/s1. The van der Waals surface area contributed by atoms with Crippen molar-refractivity contribution < 1.29 is 29.3 Å². The van der Waals surface area contributed by atoms with Gasteiger partial charge in [-0.1, -0.05) is 27.7 Å². The number of benzene rings is 1. The number of esters is 1. The van der Waals surface area contributed by atoms with Crippen molar-refractivity contribution in [1.29, 1.82) is 0 Å². The molecule has 5 rings (SSSR count). The number of carbonyl (C=O) groups excluding carboxylic acids is 3. The van der Waals surface area contributed by atoms with Gasteiger partial charge in [-0.2, -0.15) is 0 Å². The zero-order valence-corrected chi connectivity index (χ0v) is 22.7. The molecule has 6 nitrogen and oxygen atoms in total. The first kappa shape index (κ1) is 25.3. The number of fused-ring (bicyclic) bond motifs is 7. The summed E-state index contributed by atoms with van der Waals surface area (Å²) in [6, 6.07) is 1.52. The molecule has 0 aliphatic heterocycles. The maximum Gasteiger partial charge on any atom is 0.311 e. The van der Waals surface area contributed by atoms with E-state index in [0.717, 1.165) is 38.5 Å². The van der Waals surface area contributed by atoms with Crippen molar-refractivity contribution in [3.05, 3.63) is 22.8 Å². The van der Waals surface area contributed by atoms with Gasteiger partial charge in [-0.15, -0.1) is 0 Å². The summed E-state index contributed by atoms with van der Waals surface area (Å²) in [5.74, 6) is -1.98. The van der Waals surface area contributed by atoms with E-state index in [0.29, 0.717) is 12.0 Å². The average Bonchev–Trinajstić information content (AvgIpc) is 2.83. The van der Waals surface area contributed by atoms with E-state index >= 15 is 0 Å². The van der Waals surface area contributed by atoms with Gasteiger partial charge in [-0.3, -0.25) is 14.4 Å². The van der Waals surface area contributed by atoms with E-state index in [1.165, 1.54) is 13.2 Å². The van der Waals surface area contributed by atoms with Gasteiger partial charge in [-0.05, 0) is 92.6 Å². The van der Waals surface area contributed by atoms with Crippen LogP contribution in [0.3, 0.4) is 0 Å². The summed E-state index contributed by atoms with van der Waals surface area (Å²) in [6.07, 6.45) is 5.80. The van der Waals surface area contributed by atoms with Crippen LogP contribution in [0, 0.1) is 40.4 Å². The molecule has 1 aromatic rings. The van der Waals surface area contributed by atoms with Gasteiger partial charge in [0.1, 0.15) is 0 Å². The van der Waals surface area contributed by atoms with Gasteiger partial charge in [0.05, 0.1) is 12.5 Å². The van der Waals surface area contributed by atoms with Crippen molar-refractivity contribution in [2.75, 3.05) is 7.11 Å². The summed E-state index contributed by atoms with van der Waals surface area (Å²) in [4.78, 5) is 40.5. The molecule has 2 N–H and O–H groups in total. The first-order valence-corrected chi connectivity index (χ1v) is 13.3. The second-order valence-electron chi connectivity index (χ2n) is 13.6. The van der Waals surface area contributed by atoms with Crippen LogP contribution < -0.4 is 0 Å². The van der Waals surface area contributed by atoms with E-state index in [4.69, 9.17) is 4.74 Å². The van der Waals surface area contributed by atoms with Gasteiger partial charge < -0.3 is 14.9 Å². The van der Waals surface area contributed by atoms with Crippen LogP contribution in [-0.2, 0) is 19.7 Å². The number of aromatic hydroxyl groups is 2. The predicted molar refractivity (Wildman–Crippen MR) is 135 cm³/mol. The Morgan fingerprint density at radius 2 is 1.56 bits per heavy atom. The van der Waals surface area contributed by atoms with Gasteiger partial charge in [0, 0.05) is 22.5 Å². The fourth-order valence-corrected chi connectivity index (χ4v) is 9.45. The Hall–Kier alpha value is -2.37. The van der Waals surface area contributed by atoms with Gasteiger partial charge in [0.25, 0.3) is 0 Å². The maximum absolute atomic E-state index is 14.0. The van der Waals surface area contributed by atoms with Crippen LogP contribution in [0.4, 0.5) is 0 Å². The number of rotatable bonds is 1. The van der Waals surface area contributed by atoms with Crippen molar-refractivity contribution in [3.8, 4) is 11.5 Å². The Balaban J connectivity index is 1.67. The highest BCUT2D eigenvalue weighted by atomic mass is 16.5. The Bertz CT molecular complexity index is 1200. The van der Waals surface area contributed by atoms with E-state index in [1.54, 1.807) is 6.92 Å². The smallest absolute Gasteiger partial charge is 0.311 e. The summed E-state index contributed by atoms with van der Waals surface area (Å²) in [7, 11) is 1.46. The predicted octanol–water partition coefficient (Wildman–Crippen LogP) is 5.63. The lowest BCUT2D eigenvalue weighted by Crippen LogP contribution is -2.68. The van der Waals surface area contributed by atoms with Crippen molar-refractivity contribution >= 4 is 17.5 Å². The van der Waals surface area contributed by atoms with Crippen LogP contribution in [0.2, 0.25) is 0 Å². The number of hydrogen-bond acceptors (Lipinski definition) is 6. The molecule has 2 unspecified atom stereocenters. The summed E-state index contributed by atoms with van der Waals surface area (Å²) in [5, 5.41) is 20.8. The lowest BCUT2D eigenvalue weighted by atomic mass is 9.32. The minimum atomic E-state index is -0.626. The molecular weight excluding hydrogens is 456 g/mol. The number of phenols is 2. The number of ketones is 2. The van der Waals surface area contributed by atoms with Crippen LogP contribution in [0.15, 0.2) is 6.07 Å². The lowest BCUT2D eigenvalue weighted by Gasteiger charge is -2.71. The number of phenolic OH excluding ortho intramolecular Hbond substituents is 2. The monoisotopic (exact) mass is 496 g/mol. The highest BCUT2D eigenvalue weighted by Gasteiger charge is 2.71. The molecule has 0 saturated heterocycles. The van der Waals surface area contributed by atoms with Crippen molar-refractivity contribution in [2.45, 2.75) is 91.9 Å². The zero-order valence-electron chi connectivity index (χ0n) is 22.7. The van der Waals surface area contributed by atoms with Gasteiger partial charge in [-0.25, -0.2) is 0 Å². The van der Waals surface area contributed by atoms with E-state index < -0.39 is 27.9 Å². The number of methoxy groups -OCH3 is 1. The van der Waals surface area contributed by atoms with E-state index in [9.17, 15) is 24.6 Å². The molecule has 4 aliphatic carbocycles. The molecule has 0 aromatic heterocycles. The maximum atomic E-state index is 14.0. The van der Waals surface area contributed by atoms with Crippen LogP contribution in [0.1, 0.15) is 101 Å². The Labute approximate surface area is 213 Å². The molecule has 1 aromatic carbocycles. The fourth-order valence-electron chi connectivity index (χ4n) is 9.45. The molecule has 0 spiro atoms. The third-order valence-corrected chi connectivity index (χ3v) is 12.0. The molecule has 0 radical (unpaired) electrons. The van der Waals surface area contributed by atoms with E-state index in [1.807, 2.05) is 6.92 Å². The number of hydrogen-bond donors (Lipinski definition) is 2. The third kappa shape index (κ3) is 2.82. The molecular formula is C30H40O6. The summed E-state index contributed by atoms with van der Waals surface area (Å²) in [6.45, 7) is 12.5. The minimum absolute atomic E-state index is 0.0653. The third-order valence-electron chi connectivity index (χ3n) is 12.0. The topological polar surface area (TPSA) is 101 Å². The molecule has 3 fully saturated rings. The number of carbonyl (C=O) groups is 3. The summed E-state index contributed by atoms with van der Waals surface area (Å²) in [5.41, 5.74) is -0.596. The van der Waals surface area contributed by atoms with Crippen LogP contribution >= 0.6 is 0 Å². The SMILES string of the molecule is COC(=O)[C@]1(C)CC[C@]2(C)CC[C@]3(C)C4C(=O)C(=O)c5c(cc(O)c(O)c5C)[C@]4(C)CC[C@@]3(C)C2C1. The molecule has 36 heavy (non-hydrogen) atoms. The largest absolute Gasteiger partial charge is 0.504 e. The van der Waals surface area contributed by atoms with Crippen LogP contribution in [-0.4, -0.2) is 34.9 Å². The van der Waals surface area contributed by atoms with Crippen LogP contribution in [0.25, 0.3) is 0 Å². The number of Topliss-reactive ketones (excluding diaryl/α,β-unsaturated/α-hetero) is 2. The zero-order chi connectivity index (χ0) is 26.6. The quantitative estimate of drug-likeness (QED) is 0.297. The molecule has 7 atom stereocenters. The lowest BCUT2D eigenvalue weighted by molar-refractivity contribution is -0.211. The van der Waals surface area contributed by atoms with Gasteiger partial charge >= 0.3 is 5.97 Å². The highest BCUT2D eigenvalue weighted by Crippen LogP contribution is 2.75. The fraction of sp³-hybridized carbons (Fsp3) is 0.700. The Morgan fingerprint density at radius 1 is 0.944 bits per heavy atom.